The zero-order valence-corrected chi connectivity index (χ0v) is 19.7. The molecule has 0 N–H and O–H groups in total. The van der Waals surface area contributed by atoms with Crippen molar-refractivity contribution >= 4 is 16.8 Å². The number of anilines is 1. The van der Waals surface area contributed by atoms with E-state index < -0.39 is 0 Å². The summed E-state index contributed by atoms with van der Waals surface area (Å²) >= 11 is 0. The molecule has 3 saturated heterocycles. The fraction of sp³-hybridized carbons (Fsp3) is 0.519. The Balaban J connectivity index is 1.03. The summed E-state index contributed by atoms with van der Waals surface area (Å²) < 4.78 is 25.5. The van der Waals surface area contributed by atoms with Crippen LogP contribution in [0.2, 0.25) is 0 Å². The monoisotopic (exact) mass is 464 g/mol. The number of hydrogen-bond acceptors (Lipinski definition) is 6. The van der Waals surface area contributed by atoms with Crippen LogP contribution in [0.3, 0.4) is 0 Å². The summed E-state index contributed by atoms with van der Waals surface area (Å²) in [6.45, 7) is 8.06. The minimum absolute atomic E-state index is 0.252. The van der Waals surface area contributed by atoms with Gasteiger partial charge in [-0.15, -0.1) is 0 Å². The molecule has 0 aliphatic carbocycles. The average Bonchev–Trinajstić information content (AvgIpc) is 3.52. The SMILES string of the molecule is Fc1ccc2onc(N3CCN4C[C@H](COc5cccc(CN6CCCC6)c5)CC[C@H]4C3)c2c1. The number of halogens is 1. The molecule has 7 heteroatoms. The normalized spacial score (nSPS) is 24.0. The maximum Gasteiger partial charge on any atom is 0.180 e. The molecule has 180 valence electrons. The lowest BCUT2D eigenvalue weighted by molar-refractivity contribution is 0.0726. The van der Waals surface area contributed by atoms with Gasteiger partial charge in [-0.1, -0.05) is 17.3 Å². The van der Waals surface area contributed by atoms with Gasteiger partial charge in [0.2, 0.25) is 0 Å². The number of likely N-dealkylation sites (tertiary alicyclic amines) is 1. The highest BCUT2D eigenvalue weighted by atomic mass is 19.1. The molecule has 34 heavy (non-hydrogen) atoms. The molecule has 3 aliphatic rings. The Morgan fingerprint density at radius 1 is 1.00 bits per heavy atom. The molecule has 0 amide bonds. The number of benzene rings is 2. The summed E-state index contributed by atoms with van der Waals surface area (Å²) in [5.41, 5.74) is 1.99. The van der Waals surface area contributed by atoms with Crippen LogP contribution in [0.5, 0.6) is 5.75 Å². The predicted molar refractivity (Wildman–Crippen MR) is 131 cm³/mol. The molecule has 6 rings (SSSR count). The van der Waals surface area contributed by atoms with E-state index in [1.54, 1.807) is 6.07 Å². The summed E-state index contributed by atoms with van der Waals surface area (Å²) in [4.78, 5) is 7.38. The first-order chi connectivity index (χ1) is 16.7. The first-order valence-electron chi connectivity index (χ1n) is 12.7. The van der Waals surface area contributed by atoms with E-state index in [-0.39, 0.29) is 5.82 Å². The molecule has 0 unspecified atom stereocenters. The summed E-state index contributed by atoms with van der Waals surface area (Å²) in [7, 11) is 0. The average molecular weight is 465 g/mol. The summed E-state index contributed by atoms with van der Waals surface area (Å²) in [5.74, 6) is 2.06. The number of ether oxygens (including phenoxy) is 1. The Morgan fingerprint density at radius 3 is 2.82 bits per heavy atom. The maximum atomic E-state index is 13.8. The Kier molecular flexibility index (Phi) is 6.14. The Hall–Kier alpha value is -2.64. The molecule has 0 radical (unpaired) electrons. The summed E-state index contributed by atoms with van der Waals surface area (Å²) in [5, 5.41) is 5.02. The Morgan fingerprint density at radius 2 is 1.91 bits per heavy atom. The number of fused-ring (bicyclic) bond motifs is 2. The van der Waals surface area contributed by atoms with Crippen LogP contribution in [-0.2, 0) is 6.54 Å². The second kappa shape index (κ2) is 9.55. The minimum atomic E-state index is -0.252. The third-order valence-corrected chi connectivity index (χ3v) is 7.71. The number of aromatic nitrogens is 1. The van der Waals surface area contributed by atoms with Crippen molar-refractivity contribution < 1.29 is 13.7 Å². The van der Waals surface area contributed by atoms with Crippen molar-refractivity contribution in [2.24, 2.45) is 5.92 Å². The quantitative estimate of drug-likeness (QED) is 0.534. The van der Waals surface area contributed by atoms with Gasteiger partial charge >= 0.3 is 0 Å². The third-order valence-electron chi connectivity index (χ3n) is 7.71. The molecular formula is C27H33FN4O2. The molecule has 0 saturated carbocycles. The lowest BCUT2D eigenvalue weighted by Crippen LogP contribution is -2.57. The lowest BCUT2D eigenvalue weighted by Gasteiger charge is -2.46. The molecule has 1 aromatic heterocycles. The van der Waals surface area contributed by atoms with Crippen molar-refractivity contribution in [1.82, 2.24) is 15.0 Å². The van der Waals surface area contributed by atoms with Gasteiger partial charge in [0.25, 0.3) is 0 Å². The van der Waals surface area contributed by atoms with Crippen LogP contribution in [0.25, 0.3) is 11.0 Å². The van der Waals surface area contributed by atoms with Crippen LogP contribution in [0, 0.1) is 11.7 Å². The standard InChI is InChI=1S/C27H33FN4O2/c28-22-7-9-26-25(15-22)27(29-34-26)32-13-12-31-17-21(6-8-23(31)18-32)19-33-24-5-3-4-20(14-24)16-30-10-1-2-11-30/h3-5,7,9,14-15,21,23H,1-2,6,8,10-13,16-19H2/t21-,23+/m1/s1. The lowest BCUT2D eigenvalue weighted by atomic mass is 9.91. The molecule has 2 aromatic carbocycles. The largest absolute Gasteiger partial charge is 0.493 e. The van der Waals surface area contributed by atoms with Crippen molar-refractivity contribution in [3.63, 3.8) is 0 Å². The van der Waals surface area contributed by atoms with Crippen molar-refractivity contribution in [3.05, 3.63) is 53.8 Å². The Labute approximate surface area is 200 Å². The molecule has 2 atom stereocenters. The van der Waals surface area contributed by atoms with Crippen molar-refractivity contribution in [3.8, 4) is 5.75 Å². The van der Waals surface area contributed by atoms with Crippen molar-refractivity contribution in [2.45, 2.75) is 38.3 Å². The minimum Gasteiger partial charge on any atom is -0.493 e. The van der Waals surface area contributed by atoms with Crippen LogP contribution in [0.1, 0.15) is 31.2 Å². The van der Waals surface area contributed by atoms with Gasteiger partial charge < -0.3 is 14.2 Å². The van der Waals surface area contributed by atoms with Crippen molar-refractivity contribution in [2.75, 3.05) is 50.8 Å². The van der Waals surface area contributed by atoms with Gasteiger partial charge in [-0.3, -0.25) is 9.80 Å². The smallest absolute Gasteiger partial charge is 0.180 e. The van der Waals surface area contributed by atoms with E-state index in [9.17, 15) is 4.39 Å². The fourth-order valence-corrected chi connectivity index (χ4v) is 5.86. The number of nitrogens with zero attached hydrogens (tertiary/aromatic N) is 4. The first kappa shape index (κ1) is 21.9. The van der Waals surface area contributed by atoms with Crippen LogP contribution in [0.4, 0.5) is 10.2 Å². The van der Waals surface area contributed by atoms with E-state index in [2.05, 4.69) is 44.1 Å². The van der Waals surface area contributed by atoms with Crippen LogP contribution in [-0.4, -0.2) is 66.9 Å². The molecule has 0 spiro atoms. The molecule has 3 fully saturated rings. The predicted octanol–water partition coefficient (Wildman–Crippen LogP) is 4.54. The Bertz CT molecular complexity index is 1130. The number of rotatable bonds is 6. The van der Waals surface area contributed by atoms with Gasteiger partial charge in [0.15, 0.2) is 11.4 Å². The van der Waals surface area contributed by atoms with E-state index in [0.29, 0.717) is 17.5 Å². The van der Waals surface area contributed by atoms with Gasteiger partial charge in [0.1, 0.15) is 11.6 Å². The van der Waals surface area contributed by atoms with Gasteiger partial charge in [-0.05, 0) is 74.7 Å². The molecule has 6 nitrogen and oxygen atoms in total. The third kappa shape index (κ3) is 4.64. The topological polar surface area (TPSA) is 45.0 Å². The number of piperidine rings is 1. The van der Waals surface area contributed by atoms with Crippen LogP contribution in [0.15, 0.2) is 47.0 Å². The van der Waals surface area contributed by atoms with E-state index in [1.165, 1.54) is 43.6 Å². The summed E-state index contributed by atoms with van der Waals surface area (Å²) in [6.07, 6.45) is 4.95. The van der Waals surface area contributed by atoms with E-state index in [0.717, 1.165) is 69.1 Å². The highest BCUT2D eigenvalue weighted by Crippen LogP contribution is 2.32. The molecule has 4 heterocycles. The van der Waals surface area contributed by atoms with Gasteiger partial charge in [-0.25, -0.2) is 4.39 Å². The van der Waals surface area contributed by atoms with Gasteiger partial charge in [0, 0.05) is 44.7 Å². The number of hydrogen-bond donors (Lipinski definition) is 0. The second-order valence-corrected chi connectivity index (χ2v) is 10.1. The van der Waals surface area contributed by atoms with Crippen LogP contribution >= 0.6 is 0 Å². The molecule has 3 aliphatic heterocycles. The van der Waals surface area contributed by atoms with Gasteiger partial charge in [-0.2, -0.15) is 0 Å². The second-order valence-electron chi connectivity index (χ2n) is 10.1. The zero-order valence-electron chi connectivity index (χ0n) is 19.7. The summed E-state index contributed by atoms with van der Waals surface area (Å²) in [6, 6.07) is 13.7. The van der Waals surface area contributed by atoms with Crippen molar-refractivity contribution in [1.29, 1.82) is 0 Å². The maximum absolute atomic E-state index is 13.8. The first-order valence-corrected chi connectivity index (χ1v) is 12.7. The van der Waals surface area contributed by atoms with Crippen LogP contribution < -0.4 is 9.64 Å². The highest BCUT2D eigenvalue weighted by Gasteiger charge is 2.34. The molecule has 0 bridgehead atoms. The molecule has 3 aromatic rings. The van der Waals surface area contributed by atoms with Gasteiger partial charge in [0.05, 0.1) is 12.0 Å². The zero-order chi connectivity index (χ0) is 22.9. The number of piperazine rings is 1. The van der Waals surface area contributed by atoms with E-state index >= 15 is 0 Å². The highest BCUT2D eigenvalue weighted by molar-refractivity contribution is 5.88. The fourth-order valence-electron chi connectivity index (χ4n) is 5.86. The molecular weight excluding hydrogens is 431 g/mol. The van der Waals surface area contributed by atoms with E-state index in [1.807, 2.05) is 0 Å². The van der Waals surface area contributed by atoms with E-state index in [4.69, 9.17) is 9.26 Å².